The molecule has 8 heteroatoms. The van der Waals surface area contributed by atoms with E-state index in [2.05, 4.69) is 67.7 Å². The van der Waals surface area contributed by atoms with Gasteiger partial charge in [-0.3, -0.25) is 0 Å². The number of fused-ring (bicyclic) bond motifs is 1. The van der Waals surface area contributed by atoms with Crippen molar-refractivity contribution in [1.82, 2.24) is 0 Å². The normalized spacial score (nSPS) is 25.0. The average Bonchev–Trinajstić information content (AvgIpc) is 3.02. The van der Waals surface area contributed by atoms with Gasteiger partial charge in [0.15, 0.2) is 6.10 Å². The van der Waals surface area contributed by atoms with E-state index >= 15 is 0 Å². The molecule has 0 aromatic rings. The van der Waals surface area contributed by atoms with Crippen LogP contribution in [0.4, 0.5) is 0 Å². The summed E-state index contributed by atoms with van der Waals surface area (Å²) in [5, 5.41) is -0.0184. The fourth-order valence-corrected chi connectivity index (χ4v) is 4.67. The van der Waals surface area contributed by atoms with E-state index in [0.29, 0.717) is 12.2 Å². The summed E-state index contributed by atoms with van der Waals surface area (Å²) >= 11 is 0. The molecule has 0 radical (unpaired) electrons. The fraction of sp³-hybridized carbons (Fsp3) is 0.810. The van der Waals surface area contributed by atoms with Crippen molar-refractivity contribution in [2.45, 2.75) is 103 Å². The first-order valence-corrected chi connectivity index (χ1v) is 16.3. The van der Waals surface area contributed by atoms with E-state index in [1.165, 1.54) is 0 Å². The Kier molecular flexibility index (Phi) is 6.16. The highest BCUT2D eigenvalue weighted by Gasteiger charge is 2.63. The molecule has 0 N–H and O–H groups in total. The van der Waals surface area contributed by atoms with Crippen molar-refractivity contribution in [3.8, 4) is 0 Å². The smallest absolute Gasteiger partial charge is 0.371 e. The van der Waals surface area contributed by atoms with E-state index in [4.69, 9.17) is 23.3 Å². The molecule has 1 aliphatic heterocycles. The molecule has 0 saturated heterocycles. The van der Waals surface area contributed by atoms with Gasteiger partial charge < -0.3 is 18.3 Å². The molecule has 0 aromatic heterocycles. The van der Waals surface area contributed by atoms with E-state index in [1.807, 2.05) is 6.08 Å². The van der Waals surface area contributed by atoms with E-state index < -0.39 is 34.2 Å². The highest BCUT2D eigenvalue weighted by atomic mass is 28.4. The summed E-state index contributed by atoms with van der Waals surface area (Å²) in [6.45, 7) is 23.6. The third-order valence-electron chi connectivity index (χ3n) is 6.78. The molecule has 166 valence electrons. The molecule has 0 aromatic carbocycles. The van der Waals surface area contributed by atoms with Crippen LogP contribution in [0.25, 0.3) is 0 Å². The summed E-state index contributed by atoms with van der Waals surface area (Å²) < 4.78 is 24.3. The number of rotatable bonds is 5. The lowest BCUT2D eigenvalue weighted by Crippen LogP contribution is -2.50. The maximum Gasteiger partial charge on any atom is 0.371 e. The van der Waals surface area contributed by atoms with Crippen molar-refractivity contribution in [2.75, 3.05) is 6.61 Å². The molecule has 2 aliphatic rings. The maximum absolute atomic E-state index is 13.1. The molecule has 1 aliphatic carbocycles. The summed E-state index contributed by atoms with van der Waals surface area (Å²) in [5.41, 5.74) is -1.30. The predicted octanol–water partition coefficient (Wildman–Crippen LogP) is 5.37. The largest absolute Gasteiger partial charge is 0.544 e. The molecule has 0 spiro atoms. The number of nitrogens with zero attached hydrogens (tertiary/aromatic N) is 1. The molecule has 0 bridgehead atoms. The first-order chi connectivity index (χ1) is 13.0. The monoisotopic (exact) mass is 441 g/mol. The Morgan fingerprint density at radius 3 is 2.10 bits per heavy atom. The Bertz CT molecular complexity index is 716. The molecule has 1 heterocycles. The fourth-order valence-electron chi connectivity index (χ4n) is 2.74. The Morgan fingerprint density at radius 2 is 1.62 bits per heavy atom. The van der Waals surface area contributed by atoms with Crippen LogP contribution in [-0.2, 0) is 23.1 Å². The first kappa shape index (κ1) is 24.0. The molecule has 0 amide bonds. The van der Waals surface area contributed by atoms with Gasteiger partial charge in [0.05, 0.1) is 6.61 Å². The molecule has 6 nitrogen and oxygen atoms in total. The van der Waals surface area contributed by atoms with E-state index in [0.717, 1.165) is 0 Å². The van der Waals surface area contributed by atoms with Gasteiger partial charge in [-0.1, -0.05) is 41.5 Å². The van der Waals surface area contributed by atoms with Crippen LogP contribution >= 0.6 is 0 Å². The van der Waals surface area contributed by atoms with Gasteiger partial charge in [-0.05, 0) is 49.3 Å². The molecule has 0 fully saturated rings. The molecule has 29 heavy (non-hydrogen) atoms. The lowest BCUT2D eigenvalue weighted by molar-refractivity contribution is -0.150. The SMILES string of the molecule is CCOC(=O)[C@@]12N=C(O[Si](C)(C)C(C)(C)C)O[C@H]1CC=C2O[Si](C)(C)C(C)(C)C. The lowest BCUT2D eigenvalue weighted by atomic mass is 9.96. The molecular formula is C21H39NO5Si2. The summed E-state index contributed by atoms with van der Waals surface area (Å²) in [5.74, 6) is 0.127. The van der Waals surface area contributed by atoms with Gasteiger partial charge in [0.2, 0.25) is 8.32 Å². The van der Waals surface area contributed by atoms with Crippen molar-refractivity contribution < 1.29 is 23.1 Å². The second kappa shape index (κ2) is 7.44. The molecule has 0 saturated carbocycles. The van der Waals surface area contributed by atoms with E-state index in [-0.39, 0.29) is 22.8 Å². The second-order valence-electron chi connectivity index (χ2n) is 11.0. The van der Waals surface area contributed by atoms with Gasteiger partial charge in [0, 0.05) is 6.42 Å². The van der Waals surface area contributed by atoms with Gasteiger partial charge in [0.1, 0.15) is 5.76 Å². The molecule has 2 atom stereocenters. The van der Waals surface area contributed by atoms with Gasteiger partial charge in [-0.25, -0.2) is 4.79 Å². The minimum absolute atomic E-state index is 0.00851. The van der Waals surface area contributed by atoms with Crippen LogP contribution in [-0.4, -0.2) is 46.9 Å². The summed E-state index contributed by atoms with van der Waals surface area (Å²) in [4.78, 5) is 17.9. The van der Waals surface area contributed by atoms with Gasteiger partial charge in [0.25, 0.3) is 13.9 Å². The maximum atomic E-state index is 13.1. The number of hydrogen-bond acceptors (Lipinski definition) is 6. The van der Waals surface area contributed by atoms with Gasteiger partial charge in [-0.2, -0.15) is 4.99 Å². The quantitative estimate of drug-likeness (QED) is 0.423. The molecule has 2 rings (SSSR count). The van der Waals surface area contributed by atoms with E-state index in [9.17, 15) is 4.79 Å². The predicted molar refractivity (Wildman–Crippen MR) is 121 cm³/mol. The van der Waals surface area contributed by atoms with Crippen molar-refractivity contribution in [1.29, 1.82) is 0 Å². The zero-order chi connectivity index (χ0) is 22.5. The third-order valence-corrected chi connectivity index (χ3v) is 15.4. The van der Waals surface area contributed by atoms with Crippen LogP contribution in [0.2, 0.25) is 36.3 Å². The van der Waals surface area contributed by atoms with Crippen LogP contribution < -0.4 is 0 Å². The van der Waals surface area contributed by atoms with Crippen LogP contribution in [0.1, 0.15) is 54.9 Å². The number of carbonyl (C=O) groups excluding carboxylic acids is 1. The highest BCUT2D eigenvalue weighted by molar-refractivity contribution is 6.75. The zero-order valence-corrected chi connectivity index (χ0v) is 22.1. The highest BCUT2D eigenvalue weighted by Crippen LogP contribution is 2.48. The van der Waals surface area contributed by atoms with Crippen molar-refractivity contribution >= 4 is 28.7 Å². The summed E-state index contributed by atoms with van der Waals surface area (Å²) in [6, 6.07) is 0. The second-order valence-corrected chi connectivity index (χ2v) is 20.4. The first-order valence-electron chi connectivity index (χ1n) is 10.5. The molecular weight excluding hydrogens is 402 g/mol. The summed E-state index contributed by atoms with van der Waals surface area (Å²) in [6.07, 6.45) is 2.19. The van der Waals surface area contributed by atoms with Gasteiger partial charge >= 0.3 is 12.1 Å². The lowest BCUT2D eigenvalue weighted by Gasteiger charge is -2.39. The number of carbonyl (C=O) groups is 1. The topological polar surface area (TPSA) is 66.4 Å². The van der Waals surface area contributed by atoms with Gasteiger partial charge in [-0.15, -0.1) is 0 Å². The zero-order valence-electron chi connectivity index (χ0n) is 20.1. The number of aliphatic imine (C=N–C) groups is 1. The third kappa shape index (κ3) is 4.28. The molecule has 0 unspecified atom stereocenters. The minimum atomic E-state index is -2.18. The van der Waals surface area contributed by atoms with Crippen LogP contribution in [0.3, 0.4) is 0 Å². The Morgan fingerprint density at radius 1 is 1.10 bits per heavy atom. The average molecular weight is 442 g/mol. The van der Waals surface area contributed by atoms with Crippen LogP contribution in [0.15, 0.2) is 16.8 Å². The number of ether oxygens (including phenoxy) is 2. The number of esters is 1. The number of hydrogen-bond donors (Lipinski definition) is 0. The van der Waals surface area contributed by atoms with Crippen molar-refractivity contribution in [3.63, 3.8) is 0 Å². The standard InChI is InChI=1S/C21H39NO5Si2/c1-12-24-17(23)21-15(13-14-16(21)26-28(8,9)19(2,3)4)25-18(22-21)27-29(10,11)20(5,6)7/h14-15H,12-13H2,1-11H3/t15-,21+/m0/s1. The summed E-state index contributed by atoms with van der Waals surface area (Å²) in [7, 11) is -4.34. The van der Waals surface area contributed by atoms with Crippen molar-refractivity contribution in [2.24, 2.45) is 4.99 Å². The minimum Gasteiger partial charge on any atom is -0.544 e. The Labute approximate surface area is 178 Å². The van der Waals surface area contributed by atoms with Crippen LogP contribution in [0, 0.1) is 0 Å². The van der Waals surface area contributed by atoms with E-state index in [1.54, 1.807) is 6.92 Å². The Hall–Kier alpha value is -1.29. The van der Waals surface area contributed by atoms with Crippen LogP contribution in [0.5, 0.6) is 0 Å². The Balaban J connectivity index is 2.44. The van der Waals surface area contributed by atoms with Crippen molar-refractivity contribution in [3.05, 3.63) is 11.8 Å².